The first-order valence-corrected chi connectivity index (χ1v) is 9.10. The van der Waals surface area contributed by atoms with E-state index in [-0.39, 0.29) is 29.8 Å². The summed E-state index contributed by atoms with van der Waals surface area (Å²) < 4.78 is 15.5. The van der Waals surface area contributed by atoms with E-state index in [4.69, 9.17) is 4.99 Å². The Morgan fingerprint density at radius 3 is 2.81 bits per heavy atom. The Labute approximate surface area is 178 Å². The Kier molecular flexibility index (Phi) is 10.3. The fourth-order valence-electron chi connectivity index (χ4n) is 2.59. The van der Waals surface area contributed by atoms with Crippen LogP contribution in [0.15, 0.2) is 35.6 Å². The summed E-state index contributed by atoms with van der Waals surface area (Å²) in [5, 5.41) is 11.5. The second kappa shape index (κ2) is 11.9. The summed E-state index contributed by atoms with van der Waals surface area (Å²) >= 11 is 0. The van der Waals surface area contributed by atoms with Crippen molar-refractivity contribution in [2.75, 3.05) is 20.1 Å². The lowest BCUT2D eigenvalue weighted by atomic mass is 10.2. The van der Waals surface area contributed by atoms with Crippen molar-refractivity contribution in [1.29, 1.82) is 0 Å². The molecule has 2 rings (SSSR count). The number of guanidine groups is 1. The van der Waals surface area contributed by atoms with Crippen molar-refractivity contribution in [3.63, 3.8) is 0 Å². The Hall–Kier alpha value is -1.71. The molecule has 0 aliphatic carbocycles. The Balaban J connectivity index is 0.00000364. The van der Waals surface area contributed by atoms with Crippen molar-refractivity contribution in [2.24, 2.45) is 10.9 Å². The third-order valence-corrected chi connectivity index (χ3v) is 3.92. The smallest absolute Gasteiger partial charge is 0.194 e. The van der Waals surface area contributed by atoms with E-state index < -0.39 is 0 Å². The van der Waals surface area contributed by atoms with Gasteiger partial charge in [0.15, 0.2) is 5.96 Å². The van der Waals surface area contributed by atoms with Crippen LogP contribution in [0.2, 0.25) is 0 Å². The lowest BCUT2D eigenvalue weighted by Gasteiger charge is -2.23. The Morgan fingerprint density at radius 1 is 1.37 bits per heavy atom. The second-order valence-electron chi connectivity index (χ2n) is 6.77. The molecule has 2 aromatic rings. The summed E-state index contributed by atoms with van der Waals surface area (Å²) in [6, 6.07) is 6.67. The van der Waals surface area contributed by atoms with Crippen LogP contribution in [0.4, 0.5) is 4.39 Å². The summed E-state index contributed by atoms with van der Waals surface area (Å²) in [5.41, 5.74) is 0.915. The summed E-state index contributed by atoms with van der Waals surface area (Å²) in [6.07, 6.45) is 2.61. The minimum Gasteiger partial charge on any atom is -0.354 e. The highest BCUT2D eigenvalue weighted by molar-refractivity contribution is 14.0. The molecule has 0 aliphatic rings. The van der Waals surface area contributed by atoms with Gasteiger partial charge in [-0.15, -0.1) is 34.2 Å². The topological polar surface area (TPSA) is 58.3 Å². The van der Waals surface area contributed by atoms with Crippen molar-refractivity contribution in [3.05, 3.63) is 47.8 Å². The molecular weight excluding hydrogens is 458 g/mol. The van der Waals surface area contributed by atoms with E-state index >= 15 is 0 Å². The standard InChI is InChI=1S/C19H29FN6.HI/c1-5-18-24-23-14-26(18)10-9-21-19(22-12-15(2)3)25(4)13-16-7-6-8-17(20)11-16;/h6-8,11,14-15H,5,9-10,12-13H2,1-4H3,(H,21,22);1H. The van der Waals surface area contributed by atoms with Crippen LogP contribution < -0.4 is 5.32 Å². The van der Waals surface area contributed by atoms with Gasteiger partial charge in [-0.05, 0) is 23.6 Å². The molecule has 0 saturated carbocycles. The van der Waals surface area contributed by atoms with Gasteiger partial charge in [0.2, 0.25) is 0 Å². The molecule has 1 heterocycles. The predicted molar refractivity (Wildman–Crippen MR) is 118 cm³/mol. The SMILES string of the molecule is CCc1nncn1CCNC(=NCC(C)C)N(C)Cc1cccc(F)c1.I. The minimum absolute atomic E-state index is 0. The zero-order valence-electron chi connectivity index (χ0n) is 16.5. The van der Waals surface area contributed by atoms with Crippen molar-refractivity contribution in [2.45, 2.75) is 40.3 Å². The first-order chi connectivity index (χ1) is 12.5. The molecule has 1 aromatic carbocycles. The quantitative estimate of drug-likeness (QED) is 0.352. The van der Waals surface area contributed by atoms with E-state index in [0.717, 1.165) is 43.4 Å². The zero-order valence-corrected chi connectivity index (χ0v) is 18.9. The molecule has 6 nitrogen and oxygen atoms in total. The number of aliphatic imine (C=N–C) groups is 1. The number of aryl methyl sites for hydroxylation is 1. The highest BCUT2D eigenvalue weighted by Gasteiger charge is 2.09. The number of hydrogen-bond acceptors (Lipinski definition) is 3. The normalized spacial score (nSPS) is 11.4. The van der Waals surface area contributed by atoms with Crippen molar-refractivity contribution < 1.29 is 4.39 Å². The van der Waals surface area contributed by atoms with E-state index in [1.807, 2.05) is 22.6 Å². The van der Waals surface area contributed by atoms with Crippen LogP contribution in [-0.2, 0) is 19.5 Å². The van der Waals surface area contributed by atoms with Gasteiger partial charge in [-0.25, -0.2) is 4.39 Å². The molecule has 0 aliphatic heterocycles. The van der Waals surface area contributed by atoms with E-state index in [1.54, 1.807) is 18.5 Å². The average molecular weight is 488 g/mol. The number of benzene rings is 1. The maximum absolute atomic E-state index is 13.4. The number of rotatable bonds is 8. The lowest BCUT2D eigenvalue weighted by molar-refractivity contribution is 0.466. The average Bonchev–Trinajstić information content (AvgIpc) is 3.05. The van der Waals surface area contributed by atoms with Gasteiger partial charge >= 0.3 is 0 Å². The molecule has 0 spiro atoms. The molecule has 8 heteroatoms. The first-order valence-electron chi connectivity index (χ1n) is 9.10. The fraction of sp³-hybridized carbons (Fsp3) is 0.526. The van der Waals surface area contributed by atoms with Gasteiger partial charge in [-0.2, -0.15) is 0 Å². The van der Waals surface area contributed by atoms with E-state index in [2.05, 4.69) is 36.3 Å². The van der Waals surface area contributed by atoms with Crippen LogP contribution >= 0.6 is 24.0 Å². The number of halogens is 2. The zero-order chi connectivity index (χ0) is 18.9. The van der Waals surface area contributed by atoms with Gasteiger partial charge in [0.05, 0.1) is 0 Å². The van der Waals surface area contributed by atoms with Gasteiger partial charge in [-0.3, -0.25) is 4.99 Å². The Bertz CT molecular complexity index is 716. The molecule has 0 radical (unpaired) electrons. The molecule has 0 bridgehead atoms. The van der Waals surface area contributed by atoms with Gasteiger partial charge < -0.3 is 14.8 Å². The maximum atomic E-state index is 13.4. The largest absolute Gasteiger partial charge is 0.354 e. The van der Waals surface area contributed by atoms with Crippen LogP contribution in [0.1, 0.15) is 32.2 Å². The summed E-state index contributed by atoms with van der Waals surface area (Å²) in [4.78, 5) is 6.72. The van der Waals surface area contributed by atoms with E-state index in [0.29, 0.717) is 12.5 Å². The van der Waals surface area contributed by atoms with Crippen molar-refractivity contribution in [1.82, 2.24) is 25.0 Å². The number of aromatic nitrogens is 3. The van der Waals surface area contributed by atoms with Crippen LogP contribution in [-0.4, -0.2) is 45.8 Å². The summed E-state index contributed by atoms with van der Waals surface area (Å²) in [5.74, 6) is 2.04. The fourth-order valence-corrected chi connectivity index (χ4v) is 2.59. The second-order valence-corrected chi connectivity index (χ2v) is 6.77. The lowest BCUT2D eigenvalue weighted by Crippen LogP contribution is -2.40. The first kappa shape index (κ1) is 23.3. The van der Waals surface area contributed by atoms with E-state index in [1.165, 1.54) is 6.07 Å². The molecule has 0 amide bonds. The van der Waals surface area contributed by atoms with Gasteiger partial charge in [0.25, 0.3) is 0 Å². The van der Waals surface area contributed by atoms with Crippen molar-refractivity contribution in [3.8, 4) is 0 Å². The van der Waals surface area contributed by atoms with Gasteiger partial charge in [0.1, 0.15) is 18.0 Å². The van der Waals surface area contributed by atoms with Crippen LogP contribution in [0.3, 0.4) is 0 Å². The molecule has 1 N–H and O–H groups in total. The summed E-state index contributed by atoms with van der Waals surface area (Å²) in [6.45, 7) is 9.16. The number of nitrogens with one attached hydrogen (secondary N) is 1. The van der Waals surface area contributed by atoms with Crippen LogP contribution in [0.5, 0.6) is 0 Å². The number of nitrogens with zero attached hydrogens (tertiary/aromatic N) is 5. The maximum Gasteiger partial charge on any atom is 0.194 e. The predicted octanol–water partition coefficient (Wildman–Crippen LogP) is 3.33. The van der Waals surface area contributed by atoms with E-state index in [9.17, 15) is 4.39 Å². The van der Waals surface area contributed by atoms with Crippen LogP contribution in [0, 0.1) is 11.7 Å². The molecule has 0 atom stereocenters. The Morgan fingerprint density at radius 2 is 2.15 bits per heavy atom. The molecule has 0 unspecified atom stereocenters. The highest BCUT2D eigenvalue weighted by atomic mass is 127. The molecule has 0 fully saturated rings. The number of hydrogen-bond donors (Lipinski definition) is 1. The monoisotopic (exact) mass is 488 g/mol. The van der Waals surface area contributed by atoms with Crippen molar-refractivity contribution >= 4 is 29.9 Å². The molecule has 27 heavy (non-hydrogen) atoms. The third kappa shape index (κ3) is 7.82. The summed E-state index contributed by atoms with van der Waals surface area (Å²) in [7, 11) is 1.97. The van der Waals surface area contributed by atoms with Gasteiger partial charge in [-0.1, -0.05) is 32.9 Å². The molecule has 1 aromatic heterocycles. The molecule has 150 valence electrons. The minimum atomic E-state index is -0.218. The highest BCUT2D eigenvalue weighted by Crippen LogP contribution is 2.07. The third-order valence-electron chi connectivity index (χ3n) is 3.92. The molecule has 0 saturated heterocycles. The molecular formula is C19H30FIN6. The van der Waals surface area contributed by atoms with Crippen LogP contribution in [0.25, 0.3) is 0 Å². The van der Waals surface area contributed by atoms with Gasteiger partial charge in [0, 0.05) is 39.6 Å².